The summed E-state index contributed by atoms with van der Waals surface area (Å²) >= 11 is 0. The van der Waals surface area contributed by atoms with Crippen LogP contribution in [0.1, 0.15) is 39.5 Å². The predicted molar refractivity (Wildman–Crippen MR) is 101 cm³/mol. The smallest absolute Gasteiger partial charge is 0.191 e. The monoisotopic (exact) mass is 415 g/mol. The molecule has 0 radical (unpaired) electrons. The summed E-state index contributed by atoms with van der Waals surface area (Å²) in [5.74, 6) is 1.56. The number of nitrogens with zero attached hydrogens (tertiary/aromatic N) is 1. The molecule has 0 bridgehead atoms. The normalized spacial score (nSPS) is 11.4. The van der Waals surface area contributed by atoms with Crippen molar-refractivity contribution >= 4 is 29.9 Å². The Hall–Kier alpha value is -0.0800. The Morgan fingerprint density at radius 2 is 1.71 bits per heavy atom. The standard InChI is InChI=1S/C15H33N3O2.HI/c1-14(2)8-12-20-13-10-18-15(16-3)17-9-6-5-7-11-19-4;/h14H,5-13H2,1-4H3,(H2,16,17,18);1H. The molecule has 0 unspecified atom stereocenters. The zero-order valence-electron chi connectivity index (χ0n) is 14.1. The van der Waals surface area contributed by atoms with Crippen molar-refractivity contribution in [2.45, 2.75) is 39.5 Å². The molecule has 0 aromatic rings. The number of methoxy groups -OCH3 is 1. The molecule has 0 spiro atoms. The SMILES string of the molecule is CN=C(NCCCCCOC)NCCOCCC(C)C.I. The highest BCUT2D eigenvalue weighted by molar-refractivity contribution is 14.0. The van der Waals surface area contributed by atoms with Gasteiger partial charge in [0.2, 0.25) is 0 Å². The van der Waals surface area contributed by atoms with Crippen LogP contribution in [-0.2, 0) is 9.47 Å². The van der Waals surface area contributed by atoms with Gasteiger partial charge < -0.3 is 20.1 Å². The van der Waals surface area contributed by atoms with Crippen molar-refractivity contribution in [2.75, 3.05) is 47.1 Å². The van der Waals surface area contributed by atoms with E-state index >= 15 is 0 Å². The highest BCUT2D eigenvalue weighted by Gasteiger charge is 1.97. The topological polar surface area (TPSA) is 54.9 Å². The highest BCUT2D eigenvalue weighted by Crippen LogP contribution is 1.98. The lowest BCUT2D eigenvalue weighted by Crippen LogP contribution is -2.39. The zero-order valence-corrected chi connectivity index (χ0v) is 16.4. The lowest BCUT2D eigenvalue weighted by Gasteiger charge is -2.12. The fraction of sp³-hybridized carbons (Fsp3) is 0.933. The molecule has 5 nitrogen and oxygen atoms in total. The molecule has 0 saturated carbocycles. The molecule has 6 heteroatoms. The van der Waals surface area contributed by atoms with Gasteiger partial charge in [-0.2, -0.15) is 0 Å². The van der Waals surface area contributed by atoms with Crippen LogP contribution < -0.4 is 10.6 Å². The van der Waals surface area contributed by atoms with E-state index in [0.717, 1.165) is 58.1 Å². The van der Waals surface area contributed by atoms with Crippen LogP contribution in [-0.4, -0.2) is 53.0 Å². The van der Waals surface area contributed by atoms with E-state index < -0.39 is 0 Å². The number of ether oxygens (including phenoxy) is 2. The molecule has 0 fully saturated rings. The first kappa shape index (κ1) is 23.2. The molecule has 0 rings (SSSR count). The van der Waals surface area contributed by atoms with Crippen LogP contribution in [0.3, 0.4) is 0 Å². The second-order valence-electron chi connectivity index (χ2n) is 5.27. The minimum atomic E-state index is 0. The van der Waals surface area contributed by atoms with Crippen molar-refractivity contribution in [2.24, 2.45) is 10.9 Å². The largest absolute Gasteiger partial charge is 0.385 e. The average molecular weight is 415 g/mol. The second kappa shape index (κ2) is 18.0. The molecule has 0 atom stereocenters. The second-order valence-corrected chi connectivity index (χ2v) is 5.27. The first-order chi connectivity index (χ1) is 9.70. The van der Waals surface area contributed by atoms with E-state index in [2.05, 4.69) is 29.5 Å². The summed E-state index contributed by atoms with van der Waals surface area (Å²) < 4.78 is 10.6. The minimum Gasteiger partial charge on any atom is -0.385 e. The molecule has 2 N–H and O–H groups in total. The van der Waals surface area contributed by atoms with Crippen molar-refractivity contribution in [3.8, 4) is 0 Å². The van der Waals surface area contributed by atoms with E-state index in [1.165, 1.54) is 6.42 Å². The van der Waals surface area contributed by atoms with Crippen molar-refractivity contribution in [3.05, 3.63) is 0 Å². The van der Waals surface area contributed by atoms with Crippen molar-refractivity contribution < 1.29 is 9.47 Å². The van der Waals surface area contributed by atoms with E-state index in [9.17, 15) is 0 Å². The molecule has 0 amide bonds. The molecule has 0 heterocycles. The van der Waals surface area contributed by atoms with Gasteiger partial charge in [-0.05, 0) is 31.6 Å². The number of halogens is 1. The van der Waals surface area contributed by atoms with Gasteiger partial charge in [0, 0.05) is 40.5 Å². The first-order valence-corrected chi connectivity index (χ1v) is 7.72. The summed E-state index contributed by atoms with van der Waals surface area (Å²) in [4.78, 5) is 4.18. The van der Waals surface area contributed by atoms with Crippen molar-refractivity contribution in [1.29, 1.82) is 0 Å². The maximum absolute atomic E-state index is 5.55. The molecule has 0 saturated heterocycles. The number of hydrogen-bond acceptors (Lipinski definition) is 3. The highest BCUT2D eigenvalue weighted by atomic mass is 127. The molecule has 0 aliphatic rings. The van der Waals surface area contributed by atoms with Crippen LogP contribution in [0.15, 0.2) is 4.99 Å². The van der Waals surface area contributed by atoms with Crippen molar-refractivity contribution in [1.82, 2.24) is 10.6 Å². The van der Waals surface area contributed by atoms with Gasteiger partial charge >= 0.3 is 0 Å². The Morgan fingerprint density at radius 3 is 2.33 bits per heavy atom. The lowest BCUT2D eigenvalue weighted by molar-refractivity contribution is 0.128. The van der Waals surface area contributed by atoms with Gasteiger partial charge in [-0.25, -0.2) is 0 Å². The van der Waals surface area contributed by atoms with Gasteiger partial charge in [0.25, 0.3) is 0 Å². The molecule has 128 valence electrons. The number of nitrogens with one attached hydrogen (secondary N) is 2. The molecular formula is C15H34IN3O2. The van der Waals surface area contributed by atoms with Crippen LogP contribution >= 0.6 is 24.0 Å². The molecule has 0 aliphatic heterocycles. The third kappa shape index (κ3) is 17.9. The molecule has 0 aromatic carbocycles. The van der Waals surface area contributed by atoms with Gasteiger partial charge in [0.05, 0.1) is 6.61 Å². The molecule has 0 aliphatic carbocycles. The third-order valence-corrected chi connectivity index (χ3v) is 2.92. The first-order valence-electron chi connectivity index (χ1n) is 7.72. The summed E-state index contributed by atoms with van der Waals surface area (Å²) in [6, 6.07) is 0. The third-order valence-electron chi connectivity index (χ3n) is 2.92. The van der Waals surface area contributed by atoms with Crippen molar-refractivity contribution in [3.63, 3.8) is 0 Å². The summed E-state index contributed by atoms with van der Waals surface area (Å²) in [5.41, 5.74) is 0. The van der Waals surface area contributed by atoms with E-state index in [1.54, 1.807) is 14.2 Å². The van der Waals surface area contributed by atoms with E-state index in [0.29, 0.717) is 5.92 Å². The van der Waals surface area contributed by atoms with Crippen LogP contribution in [0.4, 0.5) is 0 Å². The van der Waals surface area contributed by atoms with Crippen LogP contribution in [0, 0.1) is 5.92 Å². The fourth-order valence-corrected chi connectivity index (χ4v) is 1.64. The van der Waals surface area contributed by atoms with Gasteiger partial charge in [-0.3, -0.25) is 4.99 Å². The maximum Gasteiger partial charge on any atom is 0.191 e. The predicted octanol–water partition coefficient (Wildman–Crippen LogP) is 2.65. The summed E-state index contributed by atoms with van der Waals surface area (Å²) in [6.07, 6.45) is 4.55. The van der Waals surface area contributed by atoms with E-state index in [1.807, 2.05) is 0 Å². The van der Waals surface area contributed by atoms with Gasteiger partial charge in [0.15, 0.2) is 5.96 Å². The van der Waals surface area contributed by atoms with Crippen LogP contribution in [0.2, 0.25) is 0 Å². The summed E-state index contributed by atoms with van der Waals surface area (Å²) in [6.45, 7) is 8.56. The maximum atomic E-state index is 5.55. The van der Waals surface area contributed by atoms with E-state index in [4.69, 9.17) is 9.47 Å². The van der Waals surface area contributed by atoms with Gasteiger partial charge in [-0.1, -0.05) is 13.8 Å². The number of hydrogen-bond donors (Lipinski definition) is 2. The Morgan fingerprint density at radius 1 is 1.00 bits per heavy atom. The average Bonchev–Trinajstić information content (AvgIpc) is 2.43. The Labute approximate surface area is 147 Å². The van der Waals surface area contributed by atoms with E-state index in [-0.39, 0.29) is 24.0 Å². The number of guanidine groups is 1. The quantitative estimate of drug-likeness (QED) is 0.223. The van der Waals surface area contributed by atoms with Crippen LogP contribution in [0.25, 0.3) is 0 Å². The Bertz CT molecular complexity index is 239. The zero-order chi connectivity index (χ0) is 15.1. The molecule has 0 aromatic heterocycles. The number of aliphatic imine (C=N–C) groups is 1. The summed E-state index contributed by atoms with van der Waals surface area (Å²) in [7, 11) is 3.53. The summed E-state index contributed by atoms with van der Waals surface area (Å²) in [5, 5.41) is 6.55. The Kier molecular flexibility index (Phi) is 19.8. The van der Waals surface area contributed by atoms with Gasteiger partial charge in [-0.15, -0.1) is 24.0 Å². The number of rotatable bonds is 12. The van der Waals surface area contributed by atoms with Crippen LogP contribution in [0.5, 0.6) is 0 Å². The molecule has 21 heavy (non-hydrogen) atoms. The van der Waals surface area contributed by atoms with Gasteiger partial charge in [0.1, 0.15) is 0 Å². The minimum absolute atomic E-state index is 0. The lowest BCUT2D eigenvalue weighted by atomic mass is 10.1. The molecular weight excluding hydrogens is 381 g/mol. The number of unbranched alkanes of at least 4 members (excludes halogenated alkanes) is 2. The Balaban J connectivity index is 0. The fourth-order valence-electron chi connectivity index (χ4n) is 1.64.